The monoisotopic (exact) mass is 249 g/mol. The second-order valence-electron chi connectivity index (χ2n) is 3.71. The highest BCUT2D eigenvalue weighted by atomic mass is 16.6. The summed E-state index contributed by atoms with van der Waals surface area (Å²) >= 11 is 0. The summed E-state index contributed by atoms with van der Waals surface area (Å²) in [5.41, 5.74) is 0. The first-order chi connectivity index (χ1) is 8.31. The fraction of sp³-hybridized carbons (Fsp3) is 1.00. The van der Waals surface area contributed by atoms with Gasteiger partial charge >= 0.3 is 0 Å². The summed E-state index contributed by atoms with van der Waals surface area (Å²) in [5, 5.41) is 3.23. The zero-order chi connectivity index (χ0) is 12.8. The molecule has 0 aromatic heterocycles. The topological polar surface area (TPSA) is 49.0 Å². The molecule has 0 spiro atoms. The molecule has 0 saturated heterocycles. The molecule has 1 unspecified atom stereocenters. The van der Waals surface area contributed by atoms with Crippen LogP contribution in [0.25, 0.3) is 0 Å². The molecule has 17 heavy (non-hydrogen) atoms. The van der Waals surface area contributed by atoms with Crippen molar-refractivity contribution in [2.75, 3.05) is 59.8 Å². The Morgan fingerprint density at radius 1 is 0.941 bits per heavy atom. The molecule has 0 aromatic rings. The molecule has 0 aliphatic carbocycles. The highest BCUT2D eigenvalue weighted by Gasteiger charge is 1.99. The number of methoxy groups -OCH3 is 1. The summed E-state index contributed by atoms with van der Waals surface area (Å²) in [5.74, 6) is 0. The second-order valence-corrected chi connectivity index (χ2v) is 3.71. The smallest absolute Gasteiger partial charge is 0.0704 e. The predicted molar refractivity (Wildman–Crippen MR) is 67.5 cm³/mol. The van der Waals surface area contributed by atoms with Gasteiger partial charge in [0.2, 0.25) is 0 Å². The summed E-state index contributed by atoms with van der Waals surface area (Å²) in [6.45, 7) is 9.70. The lowest BCUT2D eigenvalue weighted by Crippen LogP contribution is -2.27. The molecule has 0 bridgehead atoms. The first kappa shape index (κ1) is 16.8. The minimum absolute atomic E-state index is 0.233. The quantitative estimate of drug-likeness (QED) is 0.486. The molecule has 1 N–H and O–H groups in total. The van der Waals surface area contributed by atoms with E-state index in [1.807, 2.05) is 0 Å². The van der Waals surface area contributed by atoms with Crippen molar-refractivity contribution in [1.82, 2.24) is 5.32 Å². The largest absolute Gasteiger partial charge is 0.382 e. The van der Waals surface area contributed by atoms with Gasteiger partial charge in [0.15, 0.2) is 0 Å². The lowest BCUT2D eigenvalue weighted by Gasteiger charge is -2.13. The molecule has 0 aliphatic heterocycles. The van der Waals surface area contributed by atoms with Crippen LogP contribution >= 0.6 is 0 Å². The van der Waals surface area contributed by atoms with Gasteiger partial charge in [-0.25, -0.2) is 0 Å². The Morgan fingerprint density at radius 3 is 2.12 bits per heavy atom. The zero-order valence-corrected chi connectivity index (χ0v) is 11.4. The van der Waals surface area contributed by atoms with Gasteiger partial charge < -0.3 is 24.3 Å². The summed E-state index contributed by atoms with van der Waals surface area (Å²) in [6.07, 6.45) is 0.233. The van der Waals surface area contributed by atoms with Gasteiger partial charge in [-0.05, 0) is 13.5 Å². The molecule has 0 rings (SSSR count). The highest BCUT2D eigenvalue weighted by Crippen LogP contribution is 1.89. The lowest BCUT2D eigenvalue weighted by molar-refractivity contribution is -0.0115. The normalized spacial score (nSPS) is 12.9. The maximum Gasteiger partial charge on any atom is 0.0704 e. The van der Waals surface area contributed by atoms with Crippen LogP contribution in [0.3, 0.4) is 0 Å². The van der Waals surface area contributed by atoms with E-state index in [0.717, 1.165) is 13.1 Å². The van der Waals surface area contributed by atoms with Gasteiger partial charge in [0, 0.05) is 13.7 Å². The molecular weight excluding hydrogens is 222 g/mol. The SMILES string of the molecule is CCNCC(C)OCCOCCOCCOC. The molecule has 0 saturated carbocycles. The van der Waals surface area contributed by atoms with Crippen molar-refractivity contribution < 1.29 is 18.9 Å². The first-order valence-corrected chi connectivity index (χ1v) is 6.28. The van der Waals surface area contributed by atoms with Crippen LogP contribution in [0.15, 0.2) is 0 Å². The van der Waals surface area contributed by atoms with Crippen molar-refractivity contribution in [3.8, 4) is 0 Å². The van der Waals surface area contributed by atoms with Crippen LogP contribution in [0.4, 0.5) is 0 Å². The van der Waals surface area contributed by atoms with Crippen LogP contribution in [0.1, 0.15) is 13.8 Å². The van der Waals surface area contributed by atoms with E-state index in [0.29, 0.717) is 39.6 Å². The second kappa shape index (κ2) is 13.9. The maximum absolute atomic E-state index is 5.54. The van der Waals surface area contributed by atoms with Crippen molar-refractivity contribution in [2.24, 2.45) is 0 Å². The molecule has 5 heteroatoms. The van der Waals surface area contributed by atoms with Crippen LogP contribution < -0.4 is 5.32 Å². The Labute approximate surface area is 105 Å². The standard InChI is InChI=1S/C12H27NO4/c1-4-13-11-12(2)17-10-9-16-8-7-15-6-5-14-3/h12-13H,4-11H2,1-3H3. The minimum Gasteiger partial charge on any atom is -0.382 e. The zero-order valence-electron chi connectivity index (χ0n) is 11.4. The molecule has 1 atom stereocenters. The number of hydrogen-bond acceptors (Lipinski definition) is 5. The van der Waals surface area contributed by atoms with Gasteiger partial charge in [-0.2, -0.15) is 0 Å². The third-order valence-electron chi connectivity index (χ3n) is 2.12. The van der Waals surface area contributed by atoms with Crippen molar-refractivity contribution in [1.29, 1.82) is 0 Å². The van der Waals surface area contributed by atoms with E-state index >= 15 is 0 Å². The van der Waals surface area contributed by atoms with Crippen LogP contribution in [-0.4, -0.2) is 65.9 Å². The molecule has 0 radical (unpaired) electrons. The average molecular weight is 249 g/mol. The third-order valence-corrected chi connectivity index (χ3v) is 2.12. The third kappa shape index (κ3) is 13.7. The number of nitrogens with one attached hydrogen (secondary N) is 1. The van der Waals surface area contributed by atoms with E-state index in [9.17, 15) is 0 Å². The molecule has 0 aromatic carbocycles. The number of hydrogen-bond donors (Lipinski definition) is 1. The Balaban J connectivity index is 3.02. The fourth-order valence-corrected chi connectivity index (χ4v) is 1.18. The Hall–Kier alpha value is -0.200. The number of likely N-dealkylation sites (N-methyl/N-ethyl adjacent to an activating group) is 1. The Kier molecular flexibility index (Phi) is 13.7. The van der Waals surface area contributed by atoms with Crippen LogP contribution in [0.5, 0.6) is 0 Å². The Morgan fingerprint density at radius 2 is 1.53 bits per heavy atom. The van der Waals surface area contributed by atoms with E-state index in [1.54, 1.807) is 7.11 Å². The highest BCUT2D eigenvalue weighted by molar-refractivity contribution is 4.53. The average Bonchev–Trinajstić information content (AvgIpc) is 2.34. The number of ether oxygens (including phenoxy) is 4. The molecule has 104 valence electrons. The molecule has 0 aliphatic rings. The van der Waals surface area contributed by atoms with Crippen LogP contribution in [-0.2, 0) is 18.9 Å². The minimum atomic E-state index is 0.233. The van der Waals surface area contributed by atoms with Crippen molar-refractivity contribution >= 4 is 0 Å². The van der Waals surface area contributed by atoms with E-state index in [-0.39, 0.29) is 6.10 Å². The predicted octanol–water partition coefficient (Wildman–Crippen LogP) is 0.681. The van der Waals surface area contributed by atoms with Crippen molar-refractivity contribution in [3.05, 3.63) is 0 Å². The number of rotatable bonds is 13. The molecule has 5 nitrogen and oxygen atoms in total. The molecule has 0 amide bonds. The summed E-state index contributed by atoms with van der Waals surface area (Å²) < 4.78 is 21.0. The van der Waals surface area contributed by atoms with Gasteiger partial charge in [-0.3, -0.25) is 0 Å². The summed E-state index contributed by atoms with van der Waals surface area (Å²) in [4.78, 5) is 0. The summed E-state index contributed by atoms with van der Waals surface area (Å²) in [6, 6.07) is 0. The van der Waals surface area contributed by atoms with Crippen molar-refractivity contribution in [2.45, 2.75) is 20.0 Å². The molecule has 0 heterocycles. The van der Waals surface area contributed by atoms with Gasteiger partial charge in [-0.1, -0.05) is 6.92 Å². The Bertz CT molecular complexity index is 146. The van der Waals surface area contributed by atoms with E-state index in [2.05, 4.69) is 19.2 Å². The fourth-order valence-electron chi connectivity index (χ4n) is 1.18. The van der Waals surface area contributed by atoms with E-state index < -0.39 is 0 Å². The van der Waals surface area contributed by atoms with E-state index in [4.69, 9.17) is 18.9 Å². The van der Waals surface area contributed by atoms with E-state index in [1.165, 1.54) is 0 Å². The molecular formula is C12H27NO4. The van der Waals surface area contributed by atoms with Gasteiger partial charge in [-0.15, -0.1) is 0 Å². The van der Waals surface area contributed by atoms with Gasteiger partial charge in [0.25, 0.3) is 0 Å². The van der Waals surface area contributed by atoms with Crippen molar-refractivity contribution in [3.63, 3.8) is 0 Å². The van der Waals surface area contributed by atoms with Crippen LogP contribution in [0.2, 0.25) is 0 Å². The first-order valence-electron chi connectivity index (χ1n) is 6.28. The molecule has 0 fully saturated rings. The van der Waals surface area contributed by atoms with Gasteiger partial charge in [0.05, 0.1) is 45.7 Å². The van der Waals surface area contributed by atoms with Crippen LogP contribution in [0, 0.1) is 0 Å². The van der Waals surface area contributed by atoms with Gasteiger partial charge in [0.1, 0.15) is 0 Å². The lowest BCUT2D eigenvalue weighted by atomic mass is 10.4. The summed E-state index contributed by atoms with van der Waals surface area (Å²) in [7, 11) is 1.66. The maximum atomic E-state index is 5.54.